The minimum Gasteiger partial charge on any atom is -0.423 e. The van der Waals surface area contributed by atoms with Crippen molar-refractivity contribution in [2.45, 2.75) is 25.3 Å². The summed E-state index contributed by atoms with van der Waals surface area (Å²) in [6, 6.07) is 7.29. The molecule has 1 amide bonds. The lowest BCUT2D eigenvalue weighted by Crippen LogP contribution is -2.43. The fourth-order valence-corrected chi connectivity index (χ4v) is 2.33. The first-order valence-electron chi connectivity index (χ1n) is 6.74. The number of nitrogens with zero attached hydrogens (tertiary/aromatic N) is 2. The van der Waals surface area contributed by atoms with E-state index in [1.54, 1.807) is 0 Å². The molecule has 6 nitrogen and oxygen atoms in total. The molecule has 1 aromatic carbocycles. The largest absolute Gasteiger partial charge is 0.423 e. The first-order chi connectivity index (χ1) is 9.83. The summed E-state index contributed by atoms with van der Waals surface area (Å²) in [5.41, 5.74) is 1.52. The Balaban J connectivity index is 1.71. The molecule has 0 radical (unpaired) electrons. The number of anilines is 1. The maximum absolute atomic E-state index is 12.1. The molecule has 6 heteroatoms. The highest BCUT2D eigenvalue weighted by Gasteiger charge is 2.20. The van der Waals surface area contributed by atoms with Crippen LogP contribution in [-0.2, 0) is 4.79 Å². The van der Waals surface area contributed by atoms with Gasteiger partial charge in [-0.05, 0) is 37.6 Å². The lowest BCUT2D eigenvalue weighted by molar-refractivity contribution is -0.118. The zero-order valence-corrected chi connectivity index (χ0v) is 11.0. The predicted octanol–water partition coefficient (Wildman–Crippen LogP) is 1.82. The number of nitrogens with one attached hydrogen (secondary N) is 2. The van der Waals surface area contributed by atoms with Gasteiger partial charge in [0.2, 0.25) is 18.2 Å². The smallest absolute Gasteiger partial charge is 0.247 e. The molecule has 0 aliphatic carbocycles. The van der Waals surface area contributed by atoms with E-state index < -0.39 is 0 Å². The van der Waals surface area contributed by atoms with Crippen LogP contribution in [0.25, 0.3) is 11.5 Å². The van der Waals surface area contributed by atoms with Gasteiger partial charge in [0.25, 0.3) is 0 Å². The molecule has 104 valence electrons. The lowest BCUT2D eigenvalue weighted by atomic mass is 10.0. The molecule has 1 aliphatic rings. The summed E-state index contributed by atoms with van der Waals surface area (Å²) >= 11 is 0. The Kier molecular flexibility index (Phi) is 3.73. The van der Waals surface area contributed by atoms with Gasteiger partial charge in [0.1, 0.15) is 0 Å². The first-order valence-corrected chi connectivity index (χ1v) is 6.74. The maximum atomic E-state index is 12.1. The monoisotopic (exact) mass is 272 g/mol. The van der Waals surface area contributed by atoms with Crippen LogP contribution in [0, 0.1) is 0 Å². The molecule has 0 bridgehead atoms. The van der Waals surface area contributed by atoms with E-state index in [1.807, 2.05) is 24.3 Å². The normalized spacial score (nSPS) is 18.7. The van der Waals surface area contributed by atoms with E-state index in [4.69, 9.17) is 4.42 Å². The van der Waals surface area contributed by atoms with Crippen molar-refractivity contribution in [1.82, 2.24) is 15.5 Å². The number of amides is 1. The van der Waals surface area contributed by atoms with E-state index in [0.29, 0.717) is 5.89 Å². The average Bonchev–Trinajstić information content (AvgIpc) is 3.03. The van der Waals surface area contributed by atoms with Crippen molar-refractivity contribution < 1.29 is 9.21 Å². The first kappa shape index (κ1) is 12.8. The molecule has 0 spiro atoms. The highest BCUT2D eigenvalue weighted by molar-refractivity contribution is 5.95. The molecule has 2 heterocycles. The third-order valence-electron chi connectivity index (χ3n) is 3.36. The number of rotatable bonds is 3. The maximum Gasteiger partial charge on any atom is 0.247 e. The Morgan fingerprint density at radius 2 is 2.35 bits per heavy atom. The number of hydrogen-bond donors (Lipinski definition) is 2. The van der Waals surface area contributed by atoms with Gasteiger partial charge in [0.15, 0.2) is 0 Å². The summed E-state index contributed by atoms with van der Waals surface area (Å²) in [6.45, 7) is 0.903. The molecule has 0 unspecified atom stereocenters. The van der Waals surface area contributed by atoms with Crippen molar-refractivity contribution in [3.63, 3.8) is 0 Å². The standard InChI is InChI=1S/C14H16N4O2/c19-13(12-6-1-2-7-15-12)17-11-5-3-4-10(8-11)14-18-16-9-20-14/h3-5,8-9,12,15H,1-2,6-7H2,(H,17,19)/t12-/m0/s1. The molecule has 2 N–H and O–H groups in total. The Morgan fingerprint density at radius 1 is 1.40 bits per heavy atom. The van der Waals surface area contributed by atoms with E-state index in [2.05, 4.69) is 20.8 Å². The van der Waals surface area contributed by atoms with Crippen LogP contribution >= 0.6 is 0 Å². The molecule has 0 saturated carbocycles. The van der Waals surface area contributed by atoms with Crippen molar-refractivity contribution in [1.29, 1.82) is 0 Å². The Bertz CT molecular complexity index is 577. The number of aromatic nitrogens is 2. The summed E-state index contributed by atoms with van der Waals surface area (Å²) < 4.78 is 5.15. The van der Waals surface area contributed by atoms with Crippen LogP contribution in [0.2, 0.25) is 0 Å². The van der Waals surface area contributed by atoms with Gasteiger partial charge < -0.3 is 15.1 Å². The van der Waals surface area contributed by atoms with Crippen LogP contribution in [-0.4, -0.2) is 28.7 Å². The van der Waals surface area contributed by atoms with Crippen molar-refractivity contribution >= 4 is 11.6 Å². The minimum atomic E-state index is -0.101. The van der Waals surface area contributed by atoms with Crippen molar-refractivity contribution in [3.8, 4) is 11.5 Å². The van der Waals surface area contributed by atoms with Crippen molar-refractivity contribution in [2.24, 2.45) is 0 Å². The molecule has 1 aliphatic heterocycles. The summed E-state index contributed by atoms with van der Waals surface area (Å²) in [5.74, 6) is 0.448. The Morgan fingerprint density at radius 3 is 3.10 bits per heavy atom. The predicted molar refractivity (Wildman–Crippen MR) is 74.0 cm³/mol. The van der Waals surface area contributed by atoms with Crippen LogP contribution in [0.3, 0.4) is 0 Å². The summed E-state index contributed by atoms with van der Waals surface area (Å²) in [5, 5.41) is 13.7. The molecular formula is C14H16N4O2. The van der Waals surface area contributed by atoms with Gasteiger partial charge in [-0.1, -0.05) is 12.5 Å². The van der Waals surface area contributed by atoms with Crippen molar-refractivity contribution in [3.05, 3.63) is 30.7 Å². The van der Waals surface area contributed by atoms with Gasteiger partial charge in [-0.2, -0.15) is 0 Å². The van der Waals surface area contributed by atoms with Gasteiger partial charge in [0.05, 0.1) is 6.04 Å². The summed E-state index contributed by atoms with van der Waals surface area (Å²) in [4.78, 5) is 12.1. The third kappa shape index (κ3) is 2.85. The van der Waals surface area contributed by atoms with Crippen LogP contribution in [0.5, 0.6) is 0 Å². The number of carbonyl (C=O) groups excluding carboxylic acids is 1. The van der Waals surface area contributed by atoms with Crippen LogP contribution in [0.1, 0.15) is 19.3 Å². The van der Waals surface area contributed by atoms with E-state index >= 15 is 0 Å². The number of piperidine rings is 1. The van der Waals surface area contributed by atoms with Crippen LogP contribution in [0.4, 0.5) is 5.69 Å². The Hall–Kier alpha value is -2.21. The quantitative estimate of drug-likeness (QED) is 0.890. The minimum absolute atomic E-state index is 0.00683. The van der Waals surface area contributed by atoms with E-state index in [9.17, 15) is 4.79 Å². The van der Waals surface area contributed by atoms with Gasteiger partial charge in [-0.3, -0.25) is 4.79 Å². The zero-order chi connectivity index (χ0) is 13.8. The van der Waals surface area contributed by atoms with E-state index in [-0.39, 0.29) is 11.9 Å². The number of benzene rings is 1. The fraction of sp³-hybridized carbons (Fsp3) is 0.357. The van der Waals surface area contributed by atoms with Gasteiger partial charge >= 0.3 is 0 Å². The van der Waals surface area contributed by atoms with Crippen molar-refractivity contribution in [2.75, 3.05) is 11.9 Å². The molecule has 2 aromatic rings. The highest BCUT2D eigenvalue weighted by Crippen LogP contribution is 2.20. The molecule has 1 saturated heterocycles. The van der Waals surface area contributed by atoms with Gasteiger partial charge in [-0.25, -0.2) is 0 Å². The van der Waals surface area contributed by atoms with E-state index in [1.165, 1.54) is 6.39 Å². The second kappa shape index (κ2) is 5.83. The van der Waals surface area contributed by atoms with Crippen LogP contribution < -0.4 is 10.6 Å². The second-order valence-electron chi connectivity index (χ2n) is 4.82. The van der Waals surface area contributed by atoms with Gasteiger partial charge in [-0.15, -0.1) is 10.2 Å². The van der Waals surface area contributed by atoms with Crippen LogP contribution in [0.15, 0.2) is 35.1 Å². The summed E-state index contributed by atoms with van der Waals surface area (Å²) in [7, 11) is 0. The number of hydrogen-bond acceptors (Lipinski definition) is 5. The van der Waals surface area contributed by atoms with Gasteiger partial charge in [0, 0.05) is 11.3 Å². The molecule has 1 fully saturated rings. The fourth-order valence-electron chi connectivity index (χ4n) is 2.33. The van der Waals surface area contributed by atoms with E-state index in [0.717, 1.165) is 37.1 Å². The molecule has 3 rings (SSSR count). The molecule has 1 aromatic heterocycles. The molecule has 20 heavy (non-hydrogen) atoms. The Labute approximate surface area is 116 Å². The average molecular weight is 272 g/mol. The zero-order valence-electron chi connectivity index (χ0n) is 11.0. The SMILES string of the molecule is O=C(Nc1cccc(-c2nnco2)c1)[C@@H]1CCCCN1. The third-order valence-corrected chi connectivity index (χ3v) is 3.36. The second-order valence-corrected chi connectivity index (χ2v) is 4.82. The number of carbonyl (C=O) groups is 1. The topological polar surface area (TPSA) is 80.1 Å². The molecular weight excluding hydrogens is 256 g/mol. The summed E-state index contributed by atoms with van der Waals surface area (Å²) in [6.07, 6.45) is 4.39. The lowest BCUT2D eigenvalue weighted by Gasteiger charge is -2.22. The molecule has 1 atom stereocenters. The highest BCUT2D eigenvalue weighted by atomic mass is 16.4.